The van der Waals surface area contributed by atoms with E-state index >= 15 is 0 Å². The topological polar surface area (TPSA) is 34.1 Å². The average Bonchev–Trinajstić information content (AvgIpc) is 2.04. The fourth-order valence-corrected chi connectivity index (χ4v) is 3.80. The minimum atomic E-state index is -2.95. The molecule has 0 saturated carbocycles. The molecule has 0 aromatic carbocycles. The monoisotopic (exact) mass is 348 g/mol. The second kappa shape index (κ2) is 5.85. The molecule has 0 fully saturated rings. The van der Waals surface area contributed by atoms with E-state index in [1.54, 1.807) is 20.8 Å². The zero-order valence-corrected chi connectivity index (χ0v) is 12.9. The van der Waals surface area contributed by atoms with Gasteiger partial charge < -0.3 is 0 Å². The van der Waals surface area contributed by atoms with Gasteiger partial charge in [-0.25, -0.2) is 8.42 Å². The third-order valence-electron chi connectivity index (χ3n) is 2.16. The molecule has 0 spiro atoms. The number of sulfone groups is 1. The molecule has 0 rings (SSSR count). The van der Waals surface area contributed by atoms with Crippen LogP contribution >= 0.6 is 31.9 Å². The highest BCUT2D eigenvalue weighted by molar-refractivity contribution is 9.09. The van der Waals surface area contributed by atoms with Crippen LogP contribution in [0.5, 0.6) is 0 Å². The molecule has 0 atom stereocenters. The first-order chi connectivity index (χ1) is 6.24. The van der Waals surface area contributed by atoms with E-state index in [-0.39, 0.29) is 5.75 Å². The Morgan fingerprint density at radius 3 is 1.86 bits per heavy atom. The van der Waals surface area contributed by atoms with Crippen LogP contribution in [0.2, 0.25) is 0 Å². The quantitative estimate of drug-likeness (QED) is 0.715. The van der Waals surface area contributed by atoms with E-state index in [1.165, 1.54) is 0 Å². The summed E-state index contributed by atoms with van der Waals surface area (Å²) >= 11 is 6.74. The molecule has 0 radical (unpaired) electrons. The third-order valence-corrected chi connectivity index (χ3v) is 6.63. The Morgan fingerprint density at radius 2 is 1.57 bits per heavy atom. The van der Waals surface area contributed by atoms with Crippen LogP contribution in [0.3, 0.4) is 0 Å². The van der Waals surface area contributed by atoms with Gasteiger partial charge in [0.2, 0.25) is 0 Å². The zero-order chi connectivity index (χ0) is 11.4. The van der Waals surface area contributed by atoms with Crippen LogP contribution in [0.25, 0.3) is 0 Å². The highest BCUT2D eigenvalue weighted by Gasteiger charge is 2.28. The standard InChI is InChI=1S/C9H18Br2O2S/c1-9(2,3)14(12,13)5-4-8(6-10)7-11/h8H,4-7H2,1-3H3. The molecule has 0 unspecified atom stereocenters. The predicted octanol–water partition coefficient (Wildman–Crippen LogP) is 3.00. The highest BCUT2D eigenvalue weighted by Crippen LogP contribution is 2.20. The van der Waals surface area contributed by atoms with Crippen LogP contribution in [-0.4, -0.2) is 29.6 Å². The first-order valence-corrected chi connectivity index (χ1v) is 8.48. The van der Waals surface area contributed by atoms with Gasteiger partial charge in [-0.2, -0.15) is 0 Å². The summed E-state index contributed by atoms with van der Waals surface area (Å²) < 4.78 is 22.9. The second-order valence-corrected chi connectivity index (χ2v) is 8.55. The number of hydrogen-bond donors (Lipinski definition) is 0. The van der Waals surface area contributed by atoms with Crippen molar-refractivity contribution in [1.29, 1.82) is 0 Å². The molecule has 0 aromatic rings. The van der Waals surface area contributed by atoms with E-state index in [4.69, 9.17) is 0 Å². The predicted molar refractivity (Wildman–Crippen MR) is 69.2 cm³/mol. The Balaban J connectivity index is 4.27. The smallest absolute Gasteiger partial charge is 0.155 e. The largest absolute Gasteiger partial charge is 0.228 e. The first-order valence-electron chi connectivity index (χ1n) is 4.59. The van der Waals surface area contributed by atoms with E-state index < -0.39 is 14.6 Å². The van der Waals surface area contributed by atoms with Gasteiger partial charge in [-0.3, -0.25) is 0 Å². The molecule has 5 heteroatoms. The summed E-state index contributed by atoms with van der Waals surface area (Å²) in [5.74, 6) is 0.672. The molecule has 0 N–H and O–H groups in total. The normalized spacial score (nSPS) is 13.6. The van der Waals surface area contributed by atoms with Crippen molar-refractivity contribution >= 4 is 41.7 Å². The van der Waals surface area contributed by atoms with E-state index in [0.29, 0.717) is 5.92 Å². The lowest BCUT2D eigenvalue weighted by molar-refractivity contribution is 0.548. The Morgan fingerprint density at radius 1 is 1.14 bits per heavy atom. The van der Waals surface area contributed by atoms with Gasteiger partial charge in [-0.15, -0.1) is 0 Å². The van der Waals surface area contributed by atoms with Gasteiger partial charge in [0, 0.05) is 10.7 Å². The van der Waals surface area contributed by atoms with Gasteiger partial charge in [0.1, 0.15) is 0 Å². The van der Waals surface area contributed by atoms with Gasteiger partial charge in [0.15, 0.2) is 9.84 Å². The van der Waals surface area contributed by atoms with Crippen molar-refractivity contribution in [1.82, 2.24) is 0 Å². The second-order valence-electron chi connectivity index (χ2n) is 4.39. The van der Waals surface area contributed by atoms with Crippen LogP contribution in [0.1, 0.15) is 27.2 Å². The fourth-order valence-electron chi connectivity index (χ4n) is 0.824. The first kappa shape index (κ1) is 14.9. The molecule has 0 aliphatic carbocycles. The number of alkyl halides is 2. The summed E-state index contributed by atoms with van der Waals surface area (Å²) in [4.78, 5) is 0. The van der Waals surface area contributed by atoms with Crippen LogP contribution in [0.15, 0.2) is 0 Å². The van der Waals surface area contributed by atoms with Crippen molar-refractivity contribution < 1.29 is 8.42 Å². The number of rotatable bonds is 5. The summed E-state index contributed by atoms with van der Waals surface area (Å²) in [6.45, 7) is 5.25. The summed E-state index contributed by atoms with van der Waals surface area (Å²) in [5, 5.41) is 1.69. The molecule has 0 heterocycles. The summed E-state index contributed by atoms with van der Waals surface area (Å²) in [6, 6.07) is 0. The Bertz CT molecular complexity index is 250. The maximum Gasteiger partial charge on any atom is 0.155 e. The maximum atomic E-state index is 11.8. The van der Waals surface area contributed by atoms with Gasteiger partial charge in [-0.1, -0.05) is 31.9 Å². The van der Waals surface area contributed by atoms with Gasteiger partial charge in [-0.05, 0) is 33.1 Å². The van der Waals surface area contributed by atoms with Crippen molar-refractivity contribution in [2.45, 2.75) is 31.9 Å². The molecule has 0 amide bonds. The van der Waals surface area contributed by atoms with Crippen LogP contribution in [-0.2, 0) is 9.84 Å². The highest BCUT2D eigenvalue weighted by atomic mass is 79.9. The molecule has 0 aromatic heterocycles. The van der Waals surface area contributed by atoms with E-state index in [0.717, 1.165) is 17.1 Å². The van der Waals surface area contributed by atoms with Crippen molar-refractivity contribution in [2.75, 3.05) is 16.4 Å². The van der Waals surface area contributed by atoms with Crippen molar-refractivity contribution in [2.24, 2.45) is 5.92 Å². The SMILES string of the molecule is CC(C)(C)S(=O)(=O)CCC(CBr)CBr. The van der Waals surface area contributed by atoms with E-state index in [9.17, 15) is 8.42 Å². The van der Waals surface area contributed by atoms with E-state index in [2.05, 4.69) is 31.9 Å². The molecule has 86 valence electrons. The molecular weight excluding hydrogens is 332 g/mol. The van der Waals surface area contributed by atoms with Gasteiger partial charge >= 0.3 is 0 Å². The van der Waals surface area contributed by atoms with Crippen molar-refractivity contribution in [3.05, 3.63) is 0 Å². The lowest BCUT2D eigenvalue weighted by atomic mass is 10.2. The molecule has 0 bridgehead atoms. The van der Waals surface area contributed by atoms with Crippen LogP contribution in [0, 0.1) is 5.92 Å². The minimum Gasteiger partial charge on any atom is -0.228 e. The lowest BCUT2D eigenvalue weighted by Crippen LogP contribution is -2.31. The molecule has 0 aliphatic heterocycles. The molecule has 0 saturated heterocycles. The summed E-state index contributed by atoms with van der Waals surface area (Å²) in [7, 11) is -2.95. The Hall–Kier alpha value is 0.910. The maximum absolute atomic E-state index is 11.8. The summed E-state index contributed by atoms with van der Waals surface area (Å²) in [5.41, 5.74) is 0. The lowest BCUT2D eigenvalue weighted by Gasteiger charge is -2.20. The van der Waals surface area contributed by atoms with Crippen LogP contribution < -0.4 is 0 Å². The van der Waals surface area contributed by atoms with Gasteiger partial charge in [0.05, 0.1) is 10.5 Å². The van der Waals surface area contributed by atoms with Gasteiger partial charge in [0.25, 0.3) is 0 Å². The molecular formula is C9H18Br2O2S. The Kier molecular flexibility index (Phi) is 6.23. The van der Waals surface area contributed by atoms with Crippen molar-refractivity contribution in [3.63, 3.8) is 0 Å². The third kappa shape index (κ3) is 4.62. The summed E-state index contributed by atoms with van der Waals surface area (Å²) in [6.07, 6.45) is 0.718. The minimum absolute atomic E-state index is 0.276. The van der Waals surface area contributed by atoms with Crippen molar-refractivity contribution in [3.8, 4) is 0 Å². The Labute approximate surface area is 104 Å². The van der Waals surface area contributed by atoms with E-state index in [1.807, 2.05) is 0 Å². The average molecular weight is 350 g/mol. The number of hydrogen-bond acceptors (Lipinski definition) is 2. The molecule has 2 nitrogen and oxygen atoms in total. The van der Waals surface area contributed by atoms with Crippen LogP contribution in [0.4, 0.5) is 0 Å². The fraction of sp³-hybridized carbons (Fsp3) is 1.00. The molecule has 14 heavy (non-hydrogen) atoms. The number of halogens is 2. The zero-order valence-electron chi connectivity index (χ0n) is 8.89. The molecule has 0 aliphatic rings.